The topological polar surface area (TPSA) is 24.9 Å². The van der Waals surface area contributed by atoms with E-state index in [-0.39, 0.29) is 11.9 Å². The maximum atomic E-state index is 13.8. The molecule has 3 aromatic rings. The molecule has 0 fully saturated rings. The molecular formula is C17H14BrFN2. The molecule has 106 valence electrons. The molecule has 0 bridgehead atoms. The zero-order chi connectivity index (χ0) is 14.8. The van der Waals surface area contributed by atoms with Gasteiger partial charge in [0, 0.05) is 11.6 Å². The summed E-state index contributed by atoms with van der Waals surface area (Å²) in [6, 6.07) is 15.0. The Balaban J connectivity index is 2.11. The molecule has 0 aliphatic heterocycles. The first-order chi connectivity index (χ1) is 10.2. The van der Waals surface area contributed by atoms with Crippen LogP contribution in [0.15, 0.2) is 59.2 Å². The maximum absolute atomic E-state index is 13.8. The summed E-state index contributed by atoms with van der Waals surface area (Å²) in [5.74, 6) is -0.263. The minimum absolute atomic E-state index is 0.118. The Bertz CT molecular complexity index is 789. The first kappa shape index (κ1) is 14.2. The standard InChI is InChI=1S/C17H14BrFN2/c1-20-17(13-6-4-7-14(19)16(13)18)12-9-11-5-2-3-8-15(11)21-10-12/h2-10,17,20H,1H3. The Kier molecular flexibility index (Phi) is 3.99. The minimum Gasteiger partial charge on any atom is -0.309 e. The molecule has 3 rings (SSSR count). The van der Waals surface area contributed by atoms with E-state index < -0.39 is 0 Å². The molecule has 1 unspecified atom stereocenters. The van der Waals surface area contributed by atoms with E-state index in [1.165, 1.54) is 6.07 Å². The summed E-state index contributed by atoms with van der Waals surface area (Å²) >= 11 is 3.33. The highest BCUT2D eigenvalue weighted by Gasteiger charge is 2.17. The number of para-hydroxylation sites is 1. The Morgan fingerprint density at radius 3 is 2.76 bits per heavy atom. The molecule has 2 aromatic carbocycles. The maximum Gasteiger partial charge on any atom is 0.137 e. The van der Waals surface area contributed by atoms with Crippen LogP contribution >= 0.6 is 15.9 Å². The van der Waals surface area contributed by atoms with Gasteiger partial charge >= 0.3 is 0 Å². The molecule has 1 N–H and O–H groups in total. The second-order valence-corrected chi connectivity index (χ2v) is 5.62. The molecule has 2 nitrogen and oxygen atoms in total. The van der Waals surface area contributed by atoms with Gasteiger partial charge < -0.3 is 5.32 Å². The van der Waals surface area contributed by atoms with E-state index in [0.29, 0.717) is 4.47 Å². The van der Waals surface area contributed by atoms with Gasteiger partial charge in [-0.3, -0.25) is 4.98 Å². The van der Waals surface area contributed by atoms with Crippen LogP contribution in [-0.4, -0.2) is 12.0 Å². The summed E-state index contributed by atoms with van der Waals surface area (Å²) in [7, 11) is 1.86. The van der Waals surface area contributed by atoms with Crippen LogP contribution in [0, 0.1) is 5.82 Å². The molecule has 0 radical (unpaired) electrons. The summed E-state index contributed by atoms with van der Waals surface area (Å²) < 4.78 is 14.2. The summed E-state index contributed by atoms with van der Waals surface area (Å²) in [6.07, 6.45) is 1.83. The molecule has 0 saturated carbocycles. The largest absolute Gasteiger partial charge is 0.309 e. The van der Waals surface area contributed by atoms with Crippen molar-refractivity contribution in [3.8, 4) is 0 Å². The van der Waals surface area contributed by atoms with Crippen molar-refractivity contribution in [2.75, 3.05) is 7.05 Å². The number of benzene rings is 2. The fraction of sp³-hybridized carbons (Fsp3) is 0.118. The Morgan fingerprint density at radius 2 is 1.95 bits per heavy atom. The Hall–Kier alpha value is -1.78. The first-order valence-electron chi connectivity index (χ1n) is 6.66. The average molecular weight is 345 g/mol. The van der Waals surface area contributed by atoms with E-state index in [9.17, 15) is 4.39 Å². The third kappa shape index (κ3) is 2.69. The van der Waals surface area contributed by atoms with Crippen molar-refractivity contribution in [3.05, 3.63) is 76.1 Å². The molecule has 21 heavy (non-hydrogen) atoms. The number of fused-ring (bicyclic) bond motifs is 1. The molecule has 0 spiro atoms. The van der Waals surface area contributed by atoms with Crippen LogP contribution in [0.25, 0.3) is 10.9 Å². The highest BCUT2D eigenvalue weighted by molar-refractivity contribution is 9.10. The average Bonchev–Trinajstić information content (AvgIpc) is 2.52. The highest BCUT2D eigenvalue weighted by Crippen LogP contribution is 2.31. The predicted molar refractivity (Wildman–Crippen MR) is 86.7 cm³/mol. The van der Waals surface area contributed by atoms with Gasteiger partial charge in [-0.2, -0.15) is 0 Å². The Labute approximate surface area is 131 Å². The summed E-state index contributed by atoms with van der Waals surface area (Å²) in [5, 5.41) is 4.30. The lowest BCUT2D eigenvalue weighted by atomic mass is 9.99. The van der Waals surface area contributed by atoms with Gasteiger partial charge in [-0.15, -0.1) is 0 Å². The lowest BCUT2D eigenvalue weighted by Gasteiger charge is -2.19. The van der Waals surface area contributed by atoms with Crippen molar-refractivity contribution in [1.29, 1.82) is 0 Å². The van der Waals surface area contributed by atoms with Crippen LogP contribution < -0.4 is 5.32 Å². The second-order valence-electron chi connectivity index (χ2n) is 4.83. The predicted octanol–water partition coefficient (Wildman–Crippen LogP) is 4.45. The summed E-state index contributed by atoms with van der Waals surface area (Å²) in [5.41, 5.74) is 2.81. The van der Waals surface area contributed by atoms with Gasteiger partial charge in [0.05, 0.1) is 16.0 Å². The molecule has 0 amide bonds. The number of aromatic nitrogens is 1. The zero-order valence-electron chi connectivity index (χ0n) is 11.5. The lowest BCUT2D eigenvalue weighted by molar-refractivity contribution is 0.608. The zero-order valence-corrected chi connectivity index (χ0v) is 13.1. The van der Waals surface area contributed by atoms with Crippen molar-refractivity contribution in [2.24, 2.45) is 0 Å². The molecule has 1 heterocycles. The number of nitrogens with zero attached hydrogens (tertiary/aromatic N) is 1. The third-order valence-electron chi connectivity index (χ3n) is 3.53. The summed E-state index contributed by atoms with van der Waals surface area (Å²) in [4.78, 5) is 4.48. The summed E-state index contributed by atoms with van der Waals surface area (Å²) in [6.45, 7) is 0. The SMILES string of the molecule is CNC(c1cnc2ccccc2c1)c1cccc(F)c1Br. The number of pyridine rings is 1. The van der Waals surface area contributed by atoms with E-state index in [4.69, 9.17) is 0 Å². The van der Waals surface area contributed by atoms with Gasteiger partial charge in [0.2, 0.25) is 0 Å². The normalized spacial score (nSPS) is 12.5. The van der Waals surface area contributed by atoms with E-state index in [1.807, 2.05) is 43.6 Å². The fourth-order valence-electron chi connectivity index (χ4n) is 2.49. The van der Waals surface area contributed by atoms with E-state index in [2.05, 4.69) is 32.3 Å². The Morgan fingerprint density at radius 1 is 1.14 bits per heavy atom. The van der Waals surface area contributed by atoms with Crippen LogP contribution in [0.1, 0.15) is 17.2 Å². The molecule has 4 heteroatoms. The lowest BCUT2D eigenvalue weighted by Crippen LogP contribution is -2.18. The van der Waals surface area contributed by atoms with Gasteiger partial charge in [0.1, 0.15) is 5.82 Å². The fourth-order valence-corrected chi connectivity index (χ4v) is 2.98. The van der Waals surface area contributed by atoms with Crippen LogP contribution in [0.5, 0.6) is 0 Å². The van der Waals surface area contributed by atoms with Crippen molar-refractivity contribution >= 4 is 26.8 Å². The number of hydrogen-bond acceptors (Lipinski definition) is 2. The van der Waals surface area contributed by atoms with Crippen LogP contribution in [0.2, 0.25) is 0 Å². The van der Waals surface area contributed by atoms with Crippen LogP contribution in [0.4, 0.5) is 4.39 Å². The molecular weight excluding hydrogens is 331 g/mol. The smallest absolute Gasteiger partial charge is 0.137 e. The first-order valence-corrected chi connectivity index (χ1v) is 7.46. The van der Waals surface area contributed by atoms with Gasteiger partial charge in [-0.05, 0) is 52.3 Å². The van der Waals surface area contributed by atoms with Gasteiger partial charge in [-0.1, -0.05) is 30.3 Å². The second kappa shape index (κ2) is 5.92. The van der Waals surface area contributed by atoms with Crippen LogP contribution in [0.3, 0.4) is 0 Å². The molecule has 0 aliphatic rings. The quantitative estimate of drug-likeness (QED) is 0.759. The van der Waals surface area contributed by atoms with Crippen molar-refractivity contribution < 1.29 is 4.39 Å². The van der Waals surface area contributed by atoms with Gasteiger partial charge in [-0.25, -0.2) is 4.39 Å². The molecule has 0 aliphatic carbocycles. The minimum atomic E-state index is -0.263. The van der Waals surface area contributed by atoms with Crippen molar-refractivity contribution in [1.82, 2.24) is 10.3 Å². The number of rotatable bonds is 3. The highest BCUT2D eigenvalue weighted by atomic mass is 79.9. The number of nitrogens with one attached hydrogen (secondary N) is 1. The van der Waals surface area contributed by atoms with E-state index >= 15 is 0 Å². The van der Waals surface area contributed by atoms with Crippen LogP contribution in [-0.2, 0) is 0 Å². The van der Waals surface area contributed by atoms with E-state index in [1.54, 1.807) is 6.07 Å². The van der Waals surface area contributed by atoms with Crippen molar-refractivity contribution in [2.45, 2.75) is 6.04 Å². The van der Waals surface area contributed by atoms with Gasteiger partial charge in [0.25, 0.3) is 0 Å². The van der Waals surface area contributed by atoms with Crippen molar-refractivity contribution in [3.63, 3.8) is 0 Å². The molecule has 1 atom stereocenters. The number of halogens is 2. The molecule has 1 aromatic heterocycles. The number of hydrogen-bond donors (Lipinski definition) is 1. The molecule has 0 saturated heterocycles. The monoisotopic (exact) mass is 344 g/mol. The van der Waals surface area contributed by atoms with Gasteiger partial charge in [0.15, 0.2) is 0 Å². The third-order valence-corrected chi connectivity index (χ3v) is 4.36. The van der Waals surface area contributed by atoms with E-state index in [0.717, 1.165) is 22.0 Å².